The molecule has 82 valence electrons. The van der Waals surface area contributed by atoms with Crippen molar-refractivity contribution in [2.75, 3.05) is 0 Å². The first-order valence-corrected chi connectivity index (χ1v) is 4.85. The molecule has 0 unspecified atom stereocenters. The van der Waals surface area contributed by atoms with Crippen molar-refractivity contribution in [1.82, 2.24) is 4.98 Å². The van der Waals surface area contributed by atoms with Gasteiger partial charge in [0.1, 0.15) is 0 Å². The minimum absolute atomic E-state index is 0.193. The lowest BCUT2D eigenvalue weighted by Crippen LogP contribution is -2.09. The Labute approximate surface area is 91.1 Å². The Hall–Kier alpha value is -1.11. The first kappa shape index (κ1) is 12.0. The van der Waals surface area contributed by atoms with Crippen molar-refractivity contribution >= 4 is 21.9 Å². The van der Waals surface area contributed by atoms with Crippen molar-refractivity contribution in [1.29, 1.82) is 0 Å². The third-order valence-electron chi connectivity index (χ3n) is 1.73. The van der Waals surface area contributed by atoms with E-state index in [2.05, 4.69) is 20.9 Å². The van der Waals surface area contributed by atoms with Crippen LogP contribution < -0.4 is 0 Å². The standard InChI is InChI=1S/C8H5BrF3NO2/c9-1-3-4(7(11)12)2-13-6(5(3)10)8(14)15/h2,7H,1H2,(H,14,15). The van der Waals surface area contributed by atoms with Gasteiger partial charge >= 0.3 is 5.97 Å². The van der Waals surface area contributed by atoms with Crippen molar-refractivity contribution in [2.45, 2.75) is 11.8 Å². The van der Waals surface area contributed by atoms with Gasteiger partial charge in [-0.2, -0.15) is 0 Å². The van der Waals surface area contributed by atoms with Gasteiger partial charge in [-0.3, -0.25) is 0 Å². The van der Waals surface area contributed by atoms with Crippen LogP contribution in [0, 0.1) is 5.82 Å². The van der Waals surface area contributed by atoms with Crippen molar-refractivity contribution in [3.8, 4) is 0 Å². The summed E-state index contributed by atoms with van der Waals surface area (Å²) in [6.45, 7) is 0. The summed E-state index contributed by atoms with van der Waals surface area (Å²) in [6, 6.07) is 0. The second-order valence-electron chi connectivity index (χ2n) is 2.59. The number of hydrogen-bond donors (Lipinski definition) is 1. The highest BCUT2D eigenvalue weighted by atomic mass is 79.9. The number of alkyl halides is 3. The first-order valence-electron chi connectivity index (χ1n) is 3.73. The van der Waals surface area contributed by atoms with Gasteiger partial charge in [0.25, 0.3) is 6.43 Å². The summed E-state index contributed by atoms with van der Waals surface area (Å²) in [4.78, 5) is 13.6. The molecule has 0 saturated heterocycles. The number of hydrogen-bond acceptors (Lipinski definition) is 2. The van der Waals surface area contributed by atoms with Gasteiger partial charge < -0.3 is 5.11 Å². The molecule has 0 amide bonds. The maximum atomic E-state index is 13.3. The molecule has 0 radical (unpaired) electrons. The zero-order valence-corrected chi connectivity index (χ0v) is 8.76. The third-order valence-corrected chi connectivity index (χ3v) is 2.29. The highest BCUT2D eigenvalue weighted by Gasteiger charge is 2.22. The molecule has 1 N–H and O–H groups in total. The van der Waals surface area contributed by atoms with Crippen LogP contribution in [0.2, 0.25) is 0 Å². The minimum atomic E-state index is -2.89. The van der Waals surface area contributed by atoms with Crippen LogP contribution in [-0.2, 0) is 5.33 Å². The molecule has 0 spiro atoms. The molecular weight excluding hydrogens is 279 g/mol. The predicted octanol–water partition coefficient (Wildman–Crippen LogP) is 2.75. The van der Waals surface area contributed by atoms with Gasteiger partial charge in [0, 0.05) is 22.7 Å². The summed E-state index contributed by atoms with van der Waals surface area (Å²) in [5, 5.41) is 8.32. The second kappa shape index (κ2) is 4.61. The van der Waals surface area contributed by atoms with Gasteiger partial charge in [-0.25, -0.2) is 22.9 Å². The maximum Gasteiger partial charge on any atom is 0.357 e. The fourth-order valence-electron chi connectivity index (χ4n) is 1.01. The smallest absolute Gasteiger partial charge is 0.357 e. The zero-order chi connectivity index (χ0) is 11.6. The van der Waals surface area contributed by atoms with Crippen molar-refractivity contribution in [2.24, 2.45) is 0 Å². The van der Waals surface area contributed by atoms with Gasteiger partial charge in [-0.1, -0.05) is 15.9 Å². The largest absolute Gasteiger partial charge is 0.476 e. The number of aromatic nitrogens is 1. The summed E-state index contributed by atoms with van der Waals surface area (Å²) in [5.41, 5.74) is -1.83. The molecule has 3 nitrogen and oxygen atoms in total. The average Bonchev–Trinajstić information content (AvgIpc) is 2.16. The van der Waals surface area contributed by atoms with E-state index in [1.165, 1.54) is 0 Å². The average molecular weight is 284 g/mol. The summed E-state index contributed by atoms with van der Waals surface area (Å²) < 4.78 is 38.0. The first-order chi connectivity index (χ1) is 6.99. The van der Waals surface area contributed by atoms with Crippen LogP contribution in [0.1, 0.15) is 28.0 Å². The van der Waals surface area contributed by atoms with Crippen LogP contribution in [0.25, 0.3) is 0 Å². The van der Waals surface area contributed by atoms with Crippen LogP contribution in [0.15, 0.2) is 6.20 Å². The molecule has 7 heteroatoms. The number of pyridine rings is 1. The van der Waals surface area contributed by atoms with Gasteiger partial charge in [-0.15, -0.1) is 0 Å². The molecule has 0 aromatic carbocycles. The number of aromatic carboxylic acids is 1. The number of carboxylic acid groups (broad SMARTS) is 1. The molecule has 0 aliphatic carbocycles. The number of carboxylic acids is 1. The van der Waals surface area contributed by atoms with Crippen molar-refractivity contribution < 1.29 is 23.1 Å². The third kappa shape index (κ3) is 2.28. The van der Waals surface area contributed by atoms with Gasteiger partial charge in [0.15, 0.2) is 11.5 Å². The molecule has 1 rings (SSSR count). The lowest BCUT2D eigenvalue weighted by molar-refractivity contribution is 0.0683. The normalized spacial score (nSPS) is 10.7. The molecule has 1 heterocycles. The highest BCUT2D eigenvalue weighted by Crippen LogP contribution is 2.27. The van der Waals surface area contributed by atoms with Gasteiger partial charge in [0.2, 0.25) is 0 Å². The van der Waals surface area contributed by atoms with E-state index in [0.29, 0.717) is 6.20 Å². The number of rotatable bonds is 3. The lowest BCUT2D eigenvalue weighted by atomic mass is 10.1. The maximum absolute atomic E-state index is 13.3. The van der Waals surface area contributed by atoms with Crippen LogP contribution in [0.3, 0.4) is 0 Å². The Morgan fingerprint density at radius 2 is 2.20 bits per heavy atom. The molecule has 15 heavy (non-hydrogen) atoms. The SMILES string of the molecule is O=C(O)c1ncc(C(F)F)c(CBr)c1F. The number of nitrogens with zero attached hydrogens (tertiary/aromatic N) is 1. The summed E-state index contributed by atoms with van der Waals surface area (Å²) in [7, 11) is 0. The van der Waals surface area contributed by atoms with Gasteiger partial charge in [0.05, 0.1) is 0 Å². The molecule has 0 aliphatic rings. The summed E-state index contributed by atoms with van der Waals surface area (Å²) >= 11 is 2.82. The van der Waals surface area contributed by atoms with Crippen LogP contribution in [0.4, 0.5) is 13.2 Å². The molecule has 0 atom stereocenters. The lowest BCUT2D eigenvalue weighted by Gasteiger charge is -2.08. The van der Waals surface area contributed by atoms with E-state index in [4.69, 9.17) is 5.11 Å². The van der Waals surface area contributed by atoms with E-state index in [1.807, 2.05) is 0 Å². The van der Waals surface area contributed by atoms with E-state index in [9.17, 15) is 18.0 Å². The molecule has 0 saturated carbocycles. The number of carbonyl (C=O) groups is 1. The zero-order valence-electron chi connectivity index (χ0n) is 7.18. The van der Waals surface area contributed by atoms with Crippen molar-refractivity contribution in [3.05, 3.63) is 28.8 Å². The van der Waals surface area contributed by atoms with Crippen LogP contribution in [0.5, 0.6) is 0 Å². The molecule has 1 aromatic heterocycles. The Morgan fingerprint density at radius 1 is 1.60 bits per heavy atom. The highest BCUT2D eigenvalue weighted by molar-refractivity contribution is 9.08. The fraction of sp³-hybridized carbons (Fsp3) is 0.250. The minimum Gasteiger partial charge on any atom is -0.476 e. The van der Waals surface area contributed by atoms with E-state index in [-0.39, 0.29) is 10.9 Å². The van der Waals surface area contributed by atoms with E-state index < -0.39 is 29.5 Å². The molecule has 0 bridgehead atoms. The molecule has 0 aliphatic heterocycles. The Balaban J connectivity index is 3.39. The Kier molecular flexibility index (Phi) is 3.67. The number of halogens is 4. The Bertz CT molecular complexity index is 398. The quantitative estimate of drug-likeness (QED) is 0.868. The van der Waals surface area contributed by atoms with E-state index in [0.717, 1.165) is 0 Å². The Morgan fingerprint density at radius 3 is 2.60 bits per heavy atom. The monoisotopic (exact) mass is 283 g/mol. The van der Waals surface area contributed by atoms with E-state index >= 15 is 0 Å². The van der Waals surface area contributed by atoms with Gasteiger partial charge in [-0.05, 0) is 0 Å². The summed E-state index contributed by atoms with van der Waals surface area (Å²) in [5.74, 6) is -2.81. The summed E-state index contributed by atoms with van der Waals surface area (Å²) in [6.07, 6.45) is -2.21. The second-order valence-corrected chi connectivity index (χ2v) is 3.15. The molecule has 0 fully saturated rings. The molecular formula is C8H5BrF3NO2. The topological polar surface area (TPSA) is 50.2 Å². The van der Waals surface area contributed by atoms with Crippen LogP contribution >= 0.6 is 15.9 Å². The fourth-order valence-corrected chi connectivity index (χ4v) is 1.58. The predicted molar refractivity (Wildman–Crippen MR) is 48.7 cm³/mol. The van der Waals surface area contributed by atoms with Crippen LogP contribution in [-0.4, -0.2) is 16.1 Å². The van der Waals surface area contributed by atoms with Crippen molar-refractivity contribution in [3.63, 3.8) is 0 Å². The van der Waals surface area contributed by atoms with E-state index in [1.54, 1.807) is 0 Å². The molecule has 1 aromatic rings.